The maximum Gasteiger partial charge on any atom is 0.147 e. The third-order valence-corrected chi connectivity index (χ3v) is 2.91. The van der Waals surface area contributed by atoms with Crippen molar-refractivity contribution in [3.05, 3.63) is 35.8 Å². The SMILES string of the molecule is CC(C)n1cnnc1CN(C)Cc1ccc(CO)o1. The third-order valence-electron chi connectivity index (χ3n) is 2.91. The minimum absolute atomic E-state index is 0.0641. The normalized spacial score (nSPS) is 11.7. The van der Waals surface area contributed by atoms with Crippen LogP contribution in [0.3, 0.4) is 0 Å². The van der Waals surface area contributed by atoms with Crippen LogP contribution >= 0.6 is 0 Å². The van der Waals surface area contributed by atoms with Gasteiger partial charge in [-0.1, -0.05) is 0 Å². The van der Waals surface area contributed by atoms with Gasteiger partial charge < -0.3 is 14.1 Å². The van der Waals surface area contributed by atoms with E-state index in [1.807, 2.05) is 13.1 Å². The standard InChI is InChI=1S/C13H20N4O2/c1-10(2)17-9-14-15-13(17)7-16(3)6-11-4-5-12(8-18)19-11/h4-5,9-10,18H,6-8H2,1-3H3. The minimum atomic E-state index is -0.0641. The Labute approximate surface area is 112 Å². The molecule has 0 amide bonds. The maximum absolute atomic E-state index is 8.96. The number of rotatable bonds is 6. The first-order chi connectivity index (χ1) is 9.10. The second-order valence-corrected chi connectivity index (χ2v) is 4.95. The molecule has 0 fully saturated rings. The van der Waals surface area contributed by atoms with Crippen LogP contribution in [-0.2, 0) is 19.7 Å². The van der Waals surface area contributed by atoms with Crippen molar-refractivity contribution in [3.8, 4) is 0 Å². The third kappa shape index (κ3) is 3.42. The fraction of sp³-hybridized carbons (Fsp3) is 0.538. The molecule has 0 bridgehead atoms. The second kappa shape index (κ2) is 5.99. The molecule has 0 spiro atoms. The van der Waals surface area contributed by atoms with Gasteiger partial charge in [0.05, 0.1) is 13.1 Å². The van der Waals surface area contributed by atoms with Gasteiger partial charge in [0.25, 0.3) is 0 Å². The zero-order chi connectivity index (χ0) is 13.8. The number of aromatic nitrogens is 3. The highest BCUT2D eigenvalue weighted by molar-refractivity contribution is 5.06. The molecule has 0 saturated carbocycles. The summed E-state index contributed by atoms with van der Waals surface area (Å²) in [6, 6.07) is 4.03. The summed E-state index contributed by atoms with van der Waals surface area (Å²) < 4.78 is 7.52. The fourth-order valence-electron chi connectivity index (χ4n) is 1.97. The fourth-order valence-corrected chi connectivity index (χ4v) is 1.97. The van der Waals surface area contributed by atoms with E-state index in [-0.39, 0.29) is 6.61 Å². The van der Waals surface area contributed by atoms with Crippen LogP contribution in [0.1, 0.15) is 37.2 Å². The minimum Gasteiger partial charge on any atom is -0.462 e. The quantitative estimate of drug-likeness (QED) is 0.858. The van der Waals surface area contributed by atoms with E-state index in [0.717, 1.165) is 11.6 Å². The van der Waals surface area contributed by atoms with Crippen molar-refractivity contribution in [1.82, 2.24) is 19.7 Å². The zero-order valence-electron chi connectivity index (χ0n) is 11.6. The molecule has 0 atom stereocenters. The number of aliphatic hydroxyl groups excluding tert-OH is 1. The van der Waals surface area contributed by atoms with Crippen LogP contribution in [-0.4, -0.2) is 31.8 Å². The zero-order valence-corrected chi connectivity index (χ0v) is 11.6. The number of hydrogen-bond donors (Lipinski definition) is 1. The van der Waals surface area contributed by atoms with Crippen LogP contribution in [0.15, 0.2) is 22.9 Å². The molecule has 6 heteroatoms. The van der Waals surface area contributed by atoms with Crippen LogP contribution in [0.5, 0.6) is 0 Å². The number of hydrogen-bond acceptors (Lipinski definition) is 5. The molecule has 2 heterocycles. The molecule has 6 nitrogen and oxygen atoms in total. The van der Waals surface area contributed by atoms with Crippen LogP contribution in [0.4, 0.5) is 0 Å². The second-order valence-electron chi connectivity index (χ2n) is 4.95. The summed E-state index contributed by atoms with van der Waals surface area (Å²) in [5, 5.41) is 17.1. The van der Waals surface area contributed by atoms with Gasteiger partial charge in [-0.15, -0.1) is 10.2 Å². The number of aliphatic hydroxyl groups is 1. The Balaban J connectivity index is 1.97. The molecule has 0 radical (unpaired) electrons. The van der Waals surface area contributed by atoms with Crippen LogP contribution < -0.4 is 0 Å². The molecular formula is C13H20N4O2. The van der Waals surface area contributed by atoms with Crippen molar-refractivity contribution in [1.29, 1.82) is 0 Å². The molecule has 2 aromatic rings. The molecule has 0 unspecified atom stereocenters. The Hall–Kier alpha value is -1.66. The average molecular weight is 264 g/mol. The van der Waals surface area contributed by atoms with E-state index < -0.39 is 0 Å². The highest BCUT2D eigenvalue weighted by Crippen LogP contribution is 2.13. The van der Waals surface area contributed by atoms with Crippen molar-refractivity contribution in [2.24, 2.45) is 0 Å². The Bertz CT molecular complexity index is 518. The van der Waals surface area contributed by atoms with Crippen LogP contribution in [0.2, 0.25) is 0 Å². The van der Waals surface area contributed by atoms with Gasteiger partial charge in [0.15, 0.2) is 0 Å². The lowest BCUT2D eigenvalue weighted by atomic mass is 10.3. The summed E-state index contributed by atoms with van der Waals surface area (Å²) in [6.07, 6.45) is 1.75. The maximum atomic E-state index is 8.96. The van der Waals surface area contributed by atoms with E-state index >= 15 is 0 Å². The Morgan fingerprint density at radius 1 is 1.32 bits per heavy atom. The monoisotopic (exact) mass is 264 g/mol. The Kier molecular flexibility index (Phi) is 4.34. The van der Waals surface area contributed by atoms with E-state index in [1.165, 1.54) is 0 Å². The largest absolute Gasteiger partial charge is 0.462 e. The molecule has 19 heavy (non-hydrogen) atoms. The highest BCUT2D eigenvalue weighted by Gasteiger charge is 2.11. The summed E-state index contributed by atoms with van der Waals surface area (Å²) in [6.45, 7) is 5.52. The lowest BCUT2D eigenvalue weighted by Crippen LogP contribution is -2.20. The lowest BCUT2D eigenvalue weighted by molar-refractivity contribution is 0.229. The molecule has 0 aromatic carbocycles. The summed E-state index contributed by atoms with van der Waals surface area (Å²) in [4.78, 5) is 2.10. The van der Waals surface area contributed by atoms with Crippen molar-refractivity contribution in [2.45, 2.75) is 39.6 Å². The number of furan rings is 1. The van der Waals surface area contributed by atoms with Crippen molar-refractivity contribution in [2.75, 3.05) is 7.05 Å². The molecule has 2 aromatic heterocycles. The summed E-state index contributed by atoms with van der Waals surface area (Å²) in [5.74, 6) is 2.36. The van der Waals surface area contributed by atoms with E-state index in [9.17, 15) is 0 Å². The van der Waals surface area contributed by atoms with Crippen LogP contribution in [0.25, 0.3) is 0 Å². The predicted molar refractivity (Wildman–Crippen MR) is 70.2 cm³/mol. The summed E-state index contributed by atoms with van der Waals surface area (Å²) in [5.41, 5.74) is 0. The van der Waals surface area contributed by atoms with Gasteiger partial charge in [0, 0.05) is 6.04 Å². The topological polar surface area (TPSA) is 67.3 Å². The molecule has 104 valence electrons. The van der Waals surface area contributed by atoms with Gasteiger partial charge in [0.2, 0.25) is 0 Å². The van der Waals surface area contributed by atoms with Gasteiger partial charge in [-0.3, -0.25) is 4.90 Å². The predicted octanol–water partition coefficient (Wildman–Crippen LogP) is 1.58. The van der Waals surface area contributed by atoms with Crippen molar-refractivity contribution >= 4 is 0 Å². The summed E-state index contributed by atoms with van der Waals surface area (Å²) >= 11 is 0. The van der Waals surface area contributed by atoms with E-state index in [0.29, 0.717) is 24.9 Å². The average Bonchev–Trinajstić information content (AvgIpc) is 2.97. The molecule has 0 saturated heterocycles. The van der Waals surface area contributed by atoms with Gasteiger partial charge >= 0.3 is 0 Å². The lowest BCUT2D eigenvalue weighted by Gasteiger charge is -2.16. The molecule has 1 N–H and O–H groups in total. The van der Waals surface area contributed by atoms with Crippen LogP contribution in [0, 0.1) is 0 Å². The van der Waals surface area contributed by atoms with Crippen molar-refractivity contribution in [3.63, 3.8) is 0 Å². The summed E-state index contributed by atoms with van der Waals surface area (Å²) in [7, 11) is 2.00. The molecule has 0 aliphatic rings. The first-order valence-corrected chi connectivity index (χ1v) is 6.35. The highest BCUT2D eigenvalue weighted by atomic mass is 16.4. The van der Waals surface area contributed by atoms with E-state index in [4.69, 9.17) is 9.52 Å². The van der Waals surface area contributed by atoms with Gasteiger partial charge in [-0.2, -0.15) is 0 Å². The first-order valence-electron chi connectivity index (χ1n) is 6.35. The van der Waals surface area contributed by atoms with Gasteiger partial charge in [-0.25, -0.2) is 0 Å². The first kappa shape index (κ1) is 13.8. The Morgan fingerprint density at radius 2 is 2.05 bits per heavy atom. The Morgan fingerprint density at radius 3 is 2.68 bits per heavy atom. The number of nitrogens with zero attached hydrogens (tertiary/aromatic N) is 4. The van der Waals surface area contributed by atoms with E-state index in [1.54, 1.807) is 12.4 Å². The van der Waals surface area contributed by atoms with Gasteiger partial charge in [-0.05, 0) is 33.0 Å². The molecule has 0 aliphatic carbocycles. The molecule has 0 aliphatic heterocycles. The van der Waals surface area contributed by atoms with Crippen molar-refractivity contribution < 1.29 is 9.52 Å². The molecular weight excluding hydrogens is 244 g/mol. The van der Waals surface area contributed by atoms with Gasteiger partial charge in [0.1, 0.15) is 30.3 Å². The van der Waals surface area contributed by atoms with E-state index in [2.05, 4.69) is 33.5 Å². The molecule has 2 rings (SSSR count). The smallest absolute Gasteiger partial charge is 0.147 e.